The highest BCUT2D eigenvalue weighted by atomic mass is 79.9. The number of carbonyl (C=O) groups excluding carboxylic acids is 1. The molecule has 1 atom stereocenters. The highest BCUT2D eigenvalue weighted by Gasteiger charge is 2.23. The number of rotatable bonds is 10. The van der Waals surface area contributed by atoms with Gasteiger partial charge in [-0.2, -0.15) is 0 Å². The molecule has 0 saturated carbocycles. The van der Waals surface area contributed by atoms with Crippen LogP contribution in [0.1, 0.15) is 70.7 Å². The molecule has 0 bridgehead atoms. The van der Waals surface area contributed by atoms with Crippen molar-refractivity contribution in [2.45, 2.75) is 64.8 Å². The zero-order chi connectivity index (χ0) is 23.1. The lowest BCUT2D eigenvalue weighted by Crippen LogP contribution is -2.34. The second kappa shape index (κ2) is 11.4. The van der Waals surface area contributed by atoms with E-state index < -0.39 is 0 Å². The van der Waals surface area contributed by atoms with Crippen LogP contribution in [0.2, 0.25) is 0 Å². The maximum Gasteiger partial charge on any atom is 0.266 e. The quantitative estimate of drug-likeness (QED) is 0.303. The van der Waals surface area contributed by atoms with Gasteiger partial charge in [0.05, 0.1) is 22.6 Å². The smallest absolute Gasteiger partial charge is 0.266 e. The van der Waals surface area contributed by atoms with Crippen LogP contribution in [-0.4, -0.2) is 27.4 Å². The number of unbranched alkanes of at least 4 members (excludes halogenated alkanes) is 5. The molecule has 0 radical (unpaired) electrons. The second-order valence-corrected chi connectivity index (χ2v) is 9.22. The van der Waals surface area contributed by atoms with Crippen molar-refractivity contribution in [3.63, 3.8) is 0 Å². The normalized spacial score (nSPS) is 12.1. The lowest BCUT2D eigenvalue weighted by atomic mass is 10.1. The van der Waals surface area contributed by atoms with Gasteiger partial charge < -0.3 is 4.90 Å². The van der Waals surface area contributed by atoms with Gasteiger partial charge in [-0.15, -0.1) is 0 Å². The van der Waals surface area contributed by atoms with E-state index in [1.807, 2.05) is 49.4 Å². The van der Waals surface area contributed by atoms with E-state index in [4.69, 9.17) is 4.98 Å². The van der Waals surface area contributed by atoms with Crippen LogP contribution >= 0.6 is 15.9 Å². The summed E-state index contributed by atoms with van der Waals surface area (Å²) in [7, 11) is 1.80. The number of benzene rings is 2. The maximum atomic E-state index is 13.4. The molecule has 3 aromatic rings. The number of hydrogen-bond acceptors (Lipinski definition) is 3. The third-order valence-corrected chi connectivity index (χ3v) is 6.51. The molecule has 0 aliphatic rings. The molecular formula is C26H32BrN3O2. The fourth-order valence-corrected chi connectivity index (χ4v) is 4.16. The number of para-hydroxylation sites is 1. The fraction of sp³-hybridized carbons (Fsp3) is 0.423. The molecule has 3 rings (SSSR count). The largest absolute Gasteiger partial charge is 0.336 e. The molecule has 5 nitrogen and oxygen atoms in total. The number of fused-ring (bicyclic) bond motifs is 1. The van der Waals surface area contributed by atoms with E-state index in [1.165, 1.54) is 25.7 Å². The van der Waals surface area contributed by atoms with Gasteiger partial charge in [-0.25, -0.2) is 4.98 Å². The second-order valence-electron chi connectivity index (χ2n) is 8.30. The molecule has 1 aromatic heterocycles. The first kappa shape index (κ1) is 24.2. The van der Waals surface area contributed by atoms with Crippen LogP contribution in [0.15, 0.2) is 57.8 Å². The molecule has 32 heavy (non-hydrogen) atoms. The summed E-state index contributed by atoms with van der Waals surface area (Å²) in [5, 5.41) is 0.562. The lowest BCUT2D eigenvalue weighted by molar-refractivity contribution is -0.132. The van der Waals surface area contributed by atoms with Crippen molar-refractivity contribution >= 4 is 32.7 Å². The average molecular weight is 498 g/mol. The summed E-state index contributed by atoms with van der Waals surface area (Å²) in [6.45, 7) is 4.14. The summed E-state index contributed by atoms with van der Waals surface area (Å²) in [6, 6.07) is 14.6. The van der Waals surface area contributed by atoms with Crippen LogP contribution in [0, 0.1) is 0 Å². The first-order valence-electron chi connectivity index (χ1n) is 11.5. The molecular weight excluding hydrogens is 466 g/mol. The molecule has 1 unspecified atom stereocenters. The third-order valence-electron chi connectivity index (χ3n) is 5.98. The van der Waals surface area contributed by atoms with E-state index in [1.54, 1.807) is 22.6 Å². The first-order valence-corrected chi connectivity index (χ1v) is 12.3. The minimum Gasteiger partial charge on any atom is -0.336 e. The van der Waals surface area contributed by atoms with Crippen molar-refractivity contribution in [2.24, 2.45) is 0 Å². The minimum atomic E-state index is -0.344. The van der Waals surface area contributed by atoms with Crippen molar-refractivity contribution in [3.05, 3.63) is 69.2 Å². The summed E-state index contributed by atoms with van der Waals surface area (Å²) >= 11 is 3.45. The Bertz CT molecular complexity index is 1110. The lowest BCUT2D eigenvalue weighted by Gasteiger charge is -2.27. The molecule has 2 aromatic carbocycles. The van der Waals surface area contributed by atoms with Gasteiger partial charge >= 0.3 is 0 Å². The molecule has 0 saturated heterocycles. The molecule has 1 amide bonds. The first-order chi connectivity index (χ1) is 15.4. The van der Waals surface area contributed by atoms with E-state index in [2.05, 4.69) is 22.9 Å². The Balaban J connectivity index is 1.89. The summed E-state index contributed by atoms with van der Waals surface area (Å²) in [6.07, 6.45) is 7.37. The monoisotopic (exact) mass is 497 g/mol. The summed E-state index contributed by atoms with van der Waals surface area (Å²) in [5.41, 5.74) is 1.25. The van der Waals surface area contributed by atoms with Gasteiger partial charge in [-0.3, -0.25) is 14.2 Å². The Kier molecular flexibility index (Phi) is 8.62. The molecule has 6 heteroatoms. The summed E-state index contributed by atoms with van der Waals surface area (Å²) in [4.78, 5) is 32.9. The number of carbonyl (C=O) groups is 1. The Labute approximate surface area is 198 Å². The maximum absolute atomic E-state index is 13.4. The molecule has 1 heterocycles. The zero-order valence-electron chi connectivity index (χ0n) is 19.2. The van der Waals surface area contributed by atoms with Gasteiger partial charge in [0.15, 0.2) is 0 Å². The number of halogens is 1. The van der Waals surface area contributed by atoms with Crippen LogP contribution < -0.4 is 5.56 Å². The standard InChI is InChI=1S/C26H32BrN3O2/c1-4-5-6-7-8-9-14-24(31)29(3)19(2)25-28-23-13-11-10-12-22(23)26(32)30(25)21-17-15-20(27)16-18-21/h10-13,15-19H,4-9,14H2,1-3H3. The van der Waals surface area contributed by atoms with E-state index in [-0.39, 0.29) is 17.5 Å². The number of nitrogens with zero attached hydrogens (tertiary/aromatic N) is 3. The Morgan fingerprint density at radius 2 is 1.69 bits per heavy atom. The van der Waals surface area contributed by atoms with Crippen LogP contribution in [-0.2, 0) is 4.79 Å². The Morgan fingerprint density at radius 3 is 2.41 bits per heavy atom. The van der Waals surface area contributed by atoms with Crippen molar-refractivity contribution in [1.82, 2.24) is 14.5 Å². The molecule has 0 aliphatic carbocycles. The zero-order valence-corrected chi connectivity index (χ0v) is 20.8. The molecule has 0 N–H and O–H groups in total. The molecule has 0 aliphatic heterocycles. The topological polar surface area (TPSA) is 55.2 Å². The van der Waals surface area contributed by atoms with Crippen LogP contribution in [0.25, 0.3) is 16.6 Å². The highest BCUT2D eigenvalue weighted by molar-refractivity contribution is 9.10. The van der Waals surface area contributed by atoms with Crippen molar-refractivity contribution < 1.29 is 4.79 Å². The van der Waals surface area contributed by atoms with Crippen LogP contribution in [0.4, 0.5) is 0 Å². The number of amides is 1. The predicted octanol–water partition coefficient (Wildman–Crippen LogP) is 6.42. The van der Waals surface area contributed by atoms with Gasteiger partial charge in [0.25, 0.3) is 5.56 Å². The fourth-order valence-electron chi connectivity index (χ4n) is 3.89. The SMILES string of the molecule is CCCCCCCCC(=O)N(C)C(C)c1nc2ccccc2c(=O)n1-c1ccc(Br)cc1. The number of hydrogen-bond donors (Lipinski definition) is 0. The molecule has 0 fully saturated rings. The van der Waals surface area contributed by atoms with Crippen molar-refractivity contribution in [2.75, 3.05) is 7.05 Å². The van der Waals surface area contributed by atoms with Gasteiger partial charge in [-0.1, -0.05) is 67.1 Å². The van der Waals surface area contributed by atoms with E-state index >= 15 is 0 Å². The molecule has 0 spiro atoms. The summed E-state index contributed by atoms with van der Waals surface area (Å²) in [5.74, 6) is 0.646. The predicted molar refractivity (Wildman–Crippen MR) is 134 cm³/mol. The highest BCUT2D eigenvalue weighted by Crippen LogP contribution is 2.23. The van der Waals surface area contributed by atoms with Crippen LogP contribution in [0.3, 0.4) is 0 Å². The van der Waals surface area contributed by atoms with Crippen molar-refractivity contribution in [3.8, 4) is 5.69 Å². The van der Waals surface area contributed by atoms with E-state index in [0.29, 0.717) is 23.1 Å². The van der Waals surface area contributed by atoms with Gasteiger partial charge in [0, 0.05) is 17.9 Å². The van der Waals surface area contributed by atoms with Gasteiger partial charge in [-0.05, 0) is 49.7 Å². The van der Waals surface area contributed by atoms with E-state index in [0.717, 1.165) is 23.0 Å². The summed E-state index contributed by atoms with van der Waals surface area (Å²) < 4.78 is 2.57. The Hall–Kier alpha value is -2.47. The average Bonchev–Trinajstić information content (AvgIpc) is 2.81. The Morgan fingerprint density at radius 1 is 1.03 bits per heavy atom. The van der Waals surface area contributed by atoms with Crippen molar-refractivity contribution in [1.29, 1.82) is 0 Å². The minimum absolute atomic E-state index is 0.0813. The third kappa shape index (κ3) is 5.66. The van der Waals surface area contributed by atoms with E-state index in [9.17, 15) is 9.59 Å². The number of aromatic nitrogens is 2. The van der Waals surface area contributed by atoms with Crippen LogP contribution in [0.5, 0.6) is 0 Å². The van der Waals surface area contributed by atoms with Gasteiger partial charge in [0.2, 0.25) is 5.91 Å². The van der Waals surface area contributed by atoms with Gasteiger partial charge in [0.1, 0.15) is 5.82 Å². The molecule has 170 valence electrons.